The van der Waals surface area contributed by atoms with Crippen molar-refractivity contribution < 1.29 is 18.3 Å². The molecule has 25 heavy (non-hydrogen) atoms. The molecule has 0 saturated heterocycles. The number of carbonyl (C=O) groups is 1. The number of aromatic nitrogens is 2. The van der Waals surface area contributed by atoms with Gasteiger partial charge in [-0.1, -0.05) is 12.1 Å². The molecular weight excluding hydrogens is 328 g/mol. The van der Waals surface area contributed by atoms with Gasteiger partial charge in [0.1, 0.15) is 6.10 Å². The van der Waals surface area contributed by atoms with E-state index in [4.69, 9.17) is 4.74 Å². The Morgan fingerprint density at radius 1 is 1.20 bits per heavy atom. The van der Waals surface area contributed by atoms with Crippen molar-refractivity contribution in [3.8, 4) is 5.75 Å². The molecule has 0 bridgehead atoms. The Bertz CT molecular complexity index is 935. The fourth-order valence-corrected chi connectivity index (χ4v) is 2.91. The van der Waals surface area contributed by atoms with Crippen molar-refractivity contribution in [1.29, 1.82) is 0 Å². The van der Waals surface area contributed by atoms with Gasteiger partial charge in [0.25, 0.3) is 5.91 Å². The van der Waals surface area contributed by atoms with Crippen LogP contribution in [-0.2, 0) is 0 Å². The first-order valence-corrected chi connectivity index (χ1v) is 7.95. The second kappa shape index (κ2) is 6.16. The largest absolute Gasteiger partial charge is 0.487 e. The summed E-state index contributed by atoms with van der Waals surface area (Å²) < 4.78 is 33.8. The zero-order chi connectivity index (χ0) is 17.4. The lowest BCUT2D eigenvalue weighted by atomic mass is 9.89. The molecule has 7 heteroatoms. The molecule has 128 valence electrons. The average molecular weight is 343 g/mol. The van der Waals surface area contributed by atoms with Gasteiger partial charge in [0, 0.05) is 25.1 Å². The molecule has 0 spiro atoms. The van der Waals surface area contributed by atoms with Crippen molar-refractivity contribution in [1.82, 2.24) is 14.9 Å². The highest BCUT2D eigenvalue weighted by Gasteiger charge is 2.33. The van der Waals surface area contributed by atoms with E-state index in [9.17, 15) is 13.6 Å². The molecule has 0 radical (unpaired) electrons. The topological polar surface area (TPSA) is 55.6 Å². The predicted molar refractivity (Wildman–Crippen MR) is 86.5 cm³/mol. The van der Waals surface area contributed by atoms with Crippen LogP contribution in [0, 0.1) is 11.6 Å². The highest BCUT2D eigenvalue weighted by Crippen LogP contribution is 2.28. The number of halogens is 2. The normalized spacial score (nSPS) is 19.4. The number of nitrogens with one attached hydrogen (secondary N) is 1. The summed E-state index contributed by atoms with van der Waals surface area (Å²) in [6.07, 6.45) is 4.14. The number of carbonyl (C=O) groups excluding carboxylic acids is 1. The van der Waals surface area contributed by atoms with E-state index in [0.29, 0.717) is 18.4 Å². The minimum atomic E-state index is -0.985. The summed E-state index contributed by atoms with van der Waals surface area (Å²) >= 11 is 0. The minimum absolute atomic E-state index is 0.0622. The fourth-order valence-electron chi connectivity index (χ4n) is 2.91. The van der Waals surface area contributed by atoms with Gasteiger partial charge in [0.05, 0.1) is 17.3 Å². The van der Waals surface area contributed by atoms with Crippen molar-refractivity contribution in [2.45, 2.75) is 25.0 Å². The summed E-state index contributed by atoms with van der Waals surface area (Å²) in [5.74, 6) is -2.23. The summed E-state index contributed by atoms with van der Waals surface area (Å²) in [7, 11) is 0. The van der Waals surface area contributed by atoms with Gasteiger partial charge < -0.3 is 10.1 Å². The zero-order valence-electron chi connectivity index (χ0n) is 13.2. The van der Waals surface area contributed by atoms with Gasteiger partial charge in [0.2, 0.25) is 5.82 Å². The summed E-state index contributed by atoms with van der Waals surface area (Å²) in [5, 5.41) is 7.05. The Kier molecular flexibility index (Phi) is 3.83. The van der Waals surface area contributed by atoms with Gasteiger partial charge in [-0.25, -0.2) is 8.91 Å². The van der Waals surface area contributed by atoms with Gasteiger partial charge >= 0.3 is 0 Å². The maximum atomic E-state index is 13.6. The van der Waals surface area contributed by atoms with Crippen LogP contribution in [-0.4, -0.2) is 27.7 Å². The monoisotopic (exact) mass is 343 g/mol. The van der Waals surface area contributed by atoms with E-state index < -0.39 is 11.6 Å². The number of rotatable bonds is 4. The van der Waals surface area contributed by atoms with E-state index in [2.05, 4.69) is 10.4 Å². The third kappa shape index (κ3) is 2.93. The van der Waals surface area contributed by atoms with Crippen LogP contribution in [0.2, 0.25) is 0 Å². The number of ether oxygens (including phenoxy) is 1. The average Bonchev–Trinajstić information content (AvgIpc) is 3.01. The molecule has 3 aromatic rings. The number of nitrogens with zero attached hydrogens (tertiary/aromatic N) is 2. The molecular formula is C18H15F2N3O2. The van der Waals surface area contributed by atoms with Crippen LogP contribution in [0.15, 0.2) is 48.8 Å². The summed E-state index contributed by atoms with van der Waals surface area (Å²) in [6, 6.07) is 9.27. The molecule has 0 atom stereocenters. The molecule has 1 saturated carbocycles. The summed E-state index contributed by atoms with van der Waals surface area (Å²) in [4.78, 5) is 12.4. The second-order valence-corrected chi connectivity index (χ2v) is 6.02. The lowest BCUT2D eigenvalue weighted by Gasteiger charge is -2.35. The van der Waals surface area contributed by atoms with Crippen molar-refractivity contribution in [3.63, 3.8) is 0 Å². The Morgan fingerprint density at radius 2 is 2.04 bits per heavy atom. The van der Waals surface area contributed by atoms with Gasteiger partial charge in [-0.15, -0.1) is 0 Å². The van der Waals surface area contributed by atoms with Crippen LogP contribution < -0.4 is 10.1 Å². The van der Waals surface area contributed by atoms with Crippen LogP contribution in [0.3, 0.4) is 0 Å². The maximum Gasteiger partial charge on any atom is 0.255 e. The lowest BCUT2D eigenvalue weighted by Crippen LogP contribution is -2.49. The van der Waals surface area contributed by atoms with Crippen LogP contribution in [0.4, 0.5) is 8.78 Å². The molecule has 2 heterocycles. The standard InChI is InChI=1S/C18H15F2N3O2/c19-14-4-3-6-16(17(14)20)25-12-8-11(9-12)22-18(24)13-10-21-23-7-2-1-5-15(13)23/h1-7,10-12H,8-9H2,(H,22,24). The predicted octanol–water partition coefficient (Wildman–Crippen LogP) is 2.95. The maximum absolute atomic E-state index is 13.6. The lowest BCUT2D eigenvalue weighted by molar-refractivity contribution is 0.0678. The van der Waals surface area contributed by atoms with Crippen molar-refractivity contribution in [3.05, 3.63) is 66.0 Å². The first-order chi connectivity index (χ1) is 12.1. The molecule has 1 fully saturated rings. The highest BCUT2D eigenvalue weighted by atomic mass is 19.2. The number of benzene rings is 1. The summed E-state index contributed by atoms with van der Waals surface area (Å²) in [6.45, 7) is 0. The van der Waals surface area contributed by atoms with Gasteiger partial charge in [-0.3, -0.25) is 4.79 Å². The molecule has 1 N–H and O–H groups in total. The molecule has 5 nitrogen and oxygen atoms in total. The number of pyridine rings is 1. The van der Waals surface area contributed by atoms with Crippen molar-refractivity contribution in [2.24, 2.45) is 0 Å². The van der Waals surface area contributed by atoms with E-state index in [-0.39, 0.29) is 23.8 Å². The van der Waals surface area contributed by atoms with Crippen LogP contribution in [0.25, 0.3) is 5.52 Å². The number of hydrogen-bond acceptors (Lipinski definition) is 3. The van der Waals surface area contributed by atoms with E-state index >= 15 is 0 Å². The Balaban J connectivity index is 1.35. The highest BCUT2D eigenvalue weighted by molar-refractivity contribution is 6.00. The number of hydrogen-bond donors (Lipinski definition) is 1. The van der Waals surface area contributed by atoms with Gasteiger partial charge in [-0.2, -0.15) is 9.49 Å². The van der Waals surface area contributed by atoms with Crippen LogP contribution >= 0.6 is 0 Å². The molecule has 4 rings (SSSR count). The first kappa shape index (κ1) is 15.6. The molecule has 0 aliphatic heterocycles. The van der Waals surface area contributed by atoms with E-state index in [0.717, 1.165) is 11.6 Å². The van der Waals surface area contributed by atoms with Gasteiger partial charge in [-0.05, 0) is 24.3 Å². The van der Waals surface area contributed by atoms with Crippen molar-refractivity contribution >= 4 is 11.4 Å². The second-order valence-electron chi connectivity index (χ2n) is 6.02. The quantitative estimate of drug-likeness (QED) is 0.792. The third-order valence-electron chi connectivity index (χ3n) is 4.31. The van der Waals surface area contributed by atoms with Gasteiger partial charge in [0.15, 0.2) is 11.6 Å². The van der Waals surface area contributed by atoms with Crippen molar-refractivity contribution in [2.75, 3.05) is 0 Å². The fraction of sp³-hybridized carbons (Fsp3) is 0.222. The minimum Gasteiger partial charge on any atom is -0.487 e. The Hall–Kier alpha value is -2.96. The SMILES string of the molecule is O=C(NC1CC(Oc2cccc(F)c2F)C1)c1cnn2ccccc12. The molecule has 1 aliphatic rings. The third-order valence-corrected chi connectivity index (χ3v) is 4.31. The van der Waals surface area contributed by atoms with E-state index in [1.807, 2.05) is 18.2 Å². The molecule has 0 unspecified atom stereocenters. The summed E-state index contributed by atoms with van der Waals surface area (Å²) in [5.41, 5.74) is 1.23. The van der Waals surface area contributed by atoms with E-state index in [1.165, 1.54) is 18.3 Å². The Morgan fingerprint density at radius 3 is 2.88 bits per heavy atom. The molecule has 2 aromatic heterocycles. The molecule has 1 amide bonds. The van der Waals surface area contributed by atoms with Crippen LogP contribution in [0.1, 0.15) is 23.2 Å². The number of amides is 1. The molecule has 1 aromatic carbocycles. The first-order valence-electron chi connectivity index (χ1n) is 7.95. The zero-order valence-corrected chi connectivity index (χ0v) is 13.2. The molecule has 1 aliphatic carbocycles. The smallest absolute Gasteiger partial charge is 0.255 e. The van der Waals surface area contributed by atoms with Crippen LogP contribution in [0.5, 0.6) is 5.75 Å². The van der Waals surface area contributed by atoms with E-state index in [1.54, 1.807) is 10.7 Å². The Labute approximate surface area is 142 Å². The number of fused-ring (bicyclic) bond motifs is 1.